The van der Waals surface area contributed by atoms with E-state index in [2.05, 4.69) is 4.98 Å². The molecular formula is C19H14F3NO3S. The Hall–Kier alpha value is -2.87. The molecule has 0 saturated heterocycles. The predicted octanol–water partition coefficient (Wildman–Crippen LogP) is 4.84. The standard InChI is InChI=1S/C19H14F3NO3S/c1-13-7-9-16(10-8-13)27(24,25)26-18-12-15(19(20,21)22)11-17(23-18)14-5-3-2-4-6-14/h2-12H,1H3. The van der Waals surface area contributed by atoms with Crippen LogP contribution >= 0.6 is 0 Å². The third kappa shape index (κ3) is 4.46. The fraction of sp³-hybridized carbons (Fsp3) is 0.105. The van der Waals surface area contributed by atoms with E-state index >= 15 is 0 Å². The van der Waals surface area contributed by atoms with E-state index < -0.39 is 27.7 Å². The summed E-state index contributed by atoms with van der Waals surface area (Å²) >= 11 is 0. The van der Waals surface area contributed by atoms with Gasteiger partial charge >= 0.3 is 16.3 Å². The van der Waals surface area contributed by atoms with Gasteiger partial charge in [0.2, 0.25) is 5.88 Å². The molecular weight excluding hydrogens is 379 g/mol. The summed E-state index contributed by atoms with van der Waals surface area (Å²) in [5.74, 6) is -0.649. The maximum absolute atomic E-state index is 13.2. The van der Waals surface area contributed by atoms with Crippen molar-refractivity contribution >= 4 is 10.1 Å². The molecule has 3 rings (SSSR count). The molecule has 2 aromatic carbocycles. The molecule has 0 radical (unpaired) electrons. The molecule has 0 saturated carbocycles. The van der Waals surface area contributed by atoms with E-state index in [-0.39, 0.29) is 10.6 Å². The van der Waals surface area contributed by atoms with E-state index in [0.29, 0.717) is 11.6 Å². The van der Waals surface area contributed by atoms with Crippen LogP contribution in [0.25, 0.3) is 11.3 Å². The first-order valence-electron chi connectivity index (χ1n) is 7.81. The SMILES string of the molecule is Cc1ccc(S(=O)(=O)Oc2cc(C(F)(F)F)cc(-c3ccccc3)n2)cc1. The Morgan fingerprint density at radius 2 is 1.56 bits per heavy atom. The molecule has 0 N–H and O–H groups in total. The lowest BCUT2D eigenvalue weighted by atomic mass is 10.1. The van der Waals surface area contributed by atoms with Crippen LogP contribution in [0.3, 0.4) is 0 Å². The fourth-order valence-electron chi connectivity index (χ4n) is 2.33. The number of aryl methyl sites for hydroxylation is 1. The zero-order valence-electron chi connectivity index (χ0n) is 14.1. The van der Waals surface area contributed by atoms with Crippen molar-refractivity contribution in [3.63, 3.8) is 0 Å². The second-order valence-electron chi connectivity index (χ2n) is 5.79. The lowest BCUT2D eigenvalue weighted by molar-refractivity contribution is -0.137. The molecule has 140 valence electrons. The Morgan fingerprint density at radius 3 is 2.15 bits per heavy atom. The third-order valence-corrected chi connectivity index (χ3v) is 4.94. The van der Waals surface area contributed by atoms with Crippen LogP contribution in [0, 0.1) is 6.92 Å². The van der Waals surface area contributed by atoms with Gasteiger partial charge in [-0.1, -0.05) is 48.0 Å². The molecule has 0 amide bonds. The number of hydrogen-bond acceptors (Lipinski definition) is 4. The number of alkyl halides is 3. The van der Waals surface area contributed by atoms with Crippen LogP contribution in [0.5, 0.6) is 5.88 Å². The summed E-state index contributed by atoms with van der Waals surface area (Å²) in [6.07, 6.45) is -4.68. The maximum atomic E-state index is 13.2. The zero-order valence-corrected chi connectivity index (χ0v) is 14.9. The van der Waals surface area contributed by atoms with E-state index in [1.54, 1.807) is 49.4 Å². The van der Waals surface area contributed by atoms with Crippen LogP contribution < -0.4 is 4.18 Å². The van der Waals surface area contributed by atoms with E-state index in [9.17, 15) is 21.6 Å². The molecule has 0 spiro atoms. The molecule has 4 nitrogen and oxygen atoms in total. The van der Waals surface area contributed by atoms with Crippen LogP contribution in [0.2, 0.25) is 0 Å². The van der Waals surface area contributed by atoms with Crippen LogP contribution in [0.1, 0.15) is 11.1 Å². The normalized spacial score (nSPS) is 12.0. The lowest BCUT2D eigenvalue weighted by Crippen LogP contribution is -2.13. The first-order valence-corrected chi connectivity index (χ1v) is 9.22. The Labute approximate surface area is 154 Å². The van der Waals surface area contributed by atoms with Gasteiger partial charge in [-0.2, -0.15) is 21.6 Å². The van der Waals surface area contributed by atoms with Gasteiger partial charge in [-0.25, -0.2) is 4.98 Å². The summed E-state index contributed by atoms with van der Waals surface area (Å²) in [6, 6.07) is 15.3. The van der Waals surface area contributed by atoms with Crippen molar-refractivity contribution in [2.45, 2.75) is 18.0 Å². The first-order chi connectivity index (χ1) is 12.6. The average Bonchev–Trinajstić information content (AvgIpc) is 2.61. The number of nitrogens with zero attached hydrogens (tertiary/aromatic N) is 1. The minimum atomic E-state index is -4.68. The van der Waals surface area contributed by atoms with Gasteiger partial charge in [0.05, 0.1) is 11.3 Å². The van der Waals surface area contributed by atoms with Gasteiger partial charge in [-0.3, -0.25) is 0 Å². The van der Waals surface area contributed by atoms with Crippen LogP contribution in [0.4, 0.5) is 13.2 Å². The van der Waals surface area contributed by atoms with Crippen molar-refractivity contribution in [1.29, 1.82) is 0 Å². The number of benzene rings is 2. The number of hydrogen-bond donors (Lipinski definition) is 0. The highest BCUT2D eigenvalue weighted by molar-refractivity contribution is 7.87. The largest absolute Gasteiger partial charge is 0.416 e. The molecule has 0 bridgehead atoms. The topological polar surface area (TPSA) is 56.3 Å². The monoisotopic (exact) mass is 393 g/mol. The minimum Gasteiger partial charge on any atom is -0.358 e. The van der Waals surface area contributed by atoms with Gasteiger partial charge in [-0.05, 0) is 25.1 Å². The number of aromatic nitrogens is 1. The lowest BCUT2D eigenvalue weighted by Gasteiger charge is -2.12. The molecule has 0 aliphatic heterocycles. The highest BCUT2D eigenvalue weighted by Gasteiger charge is 2.32. The van der Waals surface area contributed by atoms with Crippen LogP contribution in [-0.4, -0.2) is 13.4 Å². The molecule has 0 aliphatic rings. The molecule has 8 heteroatoms. The number of pyridine rings is 1. The van der Waals surface area contributed by atoms with Gasteiger partial charge in [0.1, 0.15) is 4.90 Å². The molecule has 1 heterocycles. The summed E-state index contributed by atoms with van der Waals surface area (Å²) in [4.78, 5) is 3.77. The minimum absolute atomic E-state index is 0.0421. The first kappa shape index (κ1) is 18.9. The highest BCUT2D eigenvalue weighted by atomic mass is 32.2. The smallest absolute Gasteiger partial charge is 0.358 e. The van der Waals surface area contributed by atoms with Crippen molar-refractivity contribution in [2.24, 2.45) is 0 Å². The zero-order chi connectivity index (χ0) is 19.7. The van der Waals surface area contributed by atoms with Gasteiger partial charge in [0, 0.05) is 11.6 Å². The number of rotatable bonds is 4. The molecule has 0 unspecified atom stereocenters. The molecule has 0 fully saturated rings. The Morgan fingerprint density at radius 1 is 0.926 bits per heavy atom. The van der Waals surface area contributed by atoms with Crippen molar-refractivity contribution in [3.05, 3.63) is 77.9 Å². The summed E-state index contributed by atoms with van der Waals surface area (Å²) in [7, 11) is -4.32. The quantitative estimate of drug-likeness (QED) is 0.595. The Balaban J connectivity index is 2.05. The van der Waals surface area contributed by atoms with Crippen molar-refractivity contribution in [1.82, 2.24) is 4.98 Å². The number of halogens is 3. The van der Waals surface area contributed by atoms with Crippen molar-refractivity contribution in [2.75, 3.05) is 0 Å². The predicted molar refractivity (Wildman–Crippen MR) is 93.7 cm³/mol. The van der Waals surface area contributed by atoms with Crippen molar-refractivity contribution < 1.29 is 25.8 Å². The Kier molecular flexibility index (Phi) is 4.93. The third-order valence-electron chi connectivity index (χ3n) is 3.70. The second-order valence-corrected chi connectivity index (χ2v) is 7.34. The summed E-state index contributed by atoms with van der Waals surface area (Å²) in [6.45, 7) is 1.78. The summed E-state index contributed by atoms with van der Waals surface area (Å²) < 4.78 is 69.3. The average molecular weight is 393 g/mol. The fourth-order valence-corrected chi connectivity index (χ4v) is 3.21. The Bertz CT molecular complexity index is 1050. The highest BCUT2D eigenvalue weighted by Crippen LogP contribution is 2.34. The molecule has 0 aliphatic carbocycles. The summed E-state index contributed by atoms with van der Waals surface area (Å²) in [5, 5.41) is 0. The maximum Gasteiger partial charge on any atom is 0.416 e. The second kappa shape index (κ2) is 7.03. The van der Waals surface area contributed by atoms with Gasteiger partial charge in [-0.15, -0.1) is 0 Å². The molecule has 3 aromatic rings. The van der Waals surface area contributed by atoms with E-state index in [1.165, 1.54) is 12.1 Å². The van der Waals surface area contributed by atoms with E-state index in [1.807, 2.05) is 0 Å². The van der Waals surface area contributed by atoms with Gasteiger partial charge in [0.25, 0.3) is 0 Å². The van der Waals surface area contributed by atoms with E-state index in [4.69, 9.17) is 4.18 Å². The van der Waals surface area contributed by atoms with Crippen LogP contribution in [0.15, 0.2) is 71.6 Å². The molecule has 0 atom stereocenters. The molecule has 27 heavy (non-hydrogen) atoms. The van der Waals surface area contributed by atoms with Crippen molar-refractivity contribution in [3.8, 4) is 17.1 Å². The summed E-state index contributed by atoms with van der Waals surface area (Å²) in [5.41, 5.74) is 0.142. The van der Waals surface area contributed by atoms with Crippen LogP contribution in [-0.2, 0) is 16.3 Å². The van der Waals surface area contributed by atoms with Gasteiger partial charge < -0.3 is 4.18 Å². The van der Waals surface area contributed by atoms with E-state index in [0.717, 1.165) is 11.6 Å². The molecule has 1 aromatic heterocycles. The van der Waals surface area contributed by atoms with Gasteiger partial charge in [0.15, 0.2) is 0 Å².